The molecule has 1 aliphatic carbocycles. The molecular weight excluding hydrogens is 294 g/mol. The molecule has 6 nitrogen and oxygen atoms in total. The van der Waals surface area contributed by atoms with Crippen molar-refractivity contribution in [2.75, 3.05) is 33.3 Å². The Labute approximate surface area is 139 Å². The van der Waals surface area contributed by atoms with Crippen LogP contribution in [0.2, 0.25) is 0 Å². The van der Waals surface area contributed by atoms with Crippen molar-refractivity contribution in [2.45, 2.75) is 57.6 Å². The monoisotopic (exact) mass is 327 g/mol. The van der Waals surface area contributed by atoms with Gasteiger partial charge in [-0.3, -0.25) is 4.79 Å². The SMILES string of the molecule is COC1CCCC2CCCCN(C[C@H](C)NC(=O)CNO)C[C@@H]21. The Hall–Kier alpha value is -0.690. The molecule has 1 saturated carbocycles. The Morgan fingerprint density at radius 1 is 1.30 bits per heavy atom. The first kappa shape index (κ1) is 18.6. The summed E-state index contributed by atoms with van der Waals surface area (Å²) in [6.45, 7) is 5.00. The van der Waals surface area contributed by atoms with E-state index in [1.165, 1.54) is 38.5 Å². The van der Waals surface area contributed by atoms with Crippen LogP contribution in [0.25, 0.3) is 0 Å². The molecule has 2 rings (SSSR count). The highest BCUT2D eigenvalue weighted by Gasteiger charge is 2.35. The quantitative estimate of drug-likeness (QED) is 0.643. The van der Waals surface area contributed by atoms with E-state index in [0.717, 1.165) is 25.6 Å². The predicted octanol–water partition coefficient (Wildman–Crippen LogP) is 1.39. The molecule has 134 valence electrons. The lowest BCUT2D eigenvalue weighted by molar-refractivity contribution is -0.122. The van der Waals surface area contributed by atoms with E-state index < -0.39 is 0 Å². The molecule has 0 radical (unpaired) electrons. The fourth-order valence-electron chi connectivity index (χ4n) is 4.36. The maximum atomic E-state index is 11.6. The highest BCUT2D eigenvalue weighted by Crippen LogP contribution is 2.37. The molecule has 1 aliphatic heterocycles. The number of rotatable bonds is 6. The Bertz CT molecular complexity index is 367. The number of likely N-dealkylation sites (tertiary alicyclic amines) is 1. The van der Waals surface area contributed by atoms with E-state index in [1.807, 2.05) is 19.5 Å². The summed E-state index contributed by atoms with van der Waals surface area (Å²) in [5, 5.41) is 11.5. The lowest BCUT2D eigenvalue weighted by Crippen LogP contribution is -2.49. The molecule has 6 heteroatoms. The van der Waals surface area contributed by atoms with E-state index in [-0.39, 0.29) is 18.5 Å². The lowest BCUT2D eigenvalue weighted by atomic mass is 9.74. The number of fused-ring (bicyclic) bond motifs is 1. The third-order valence-electron chi connectivity index (χ3n) is 5.40. The zero-order chi connectivity index (χ0) is 16.7. The van der Waals surface area contributed by atoms with E-state index in [2.05, 4.69) is 10.2 Å². The summed E-state index contributed by atoms with van der Waals surface area (Å²) in [6, 6.07) is 0.0818. The Kier molecular flexibility index (Phi) is 7.76. The van der Waals surface area contributed by atoms with Gasteiger partial charge >= 0.3 is 0 Å². The van der Waals surface area contributed by atoms with Crippen LogP contribution in [0.15, 0.2) is 0 Å². The van der Waals surface area contributed by atoms with E-state index in [4.69, 9.17) is 9.94 Å². The first-order valence-electron chi connectivity index (χ1n) is 9.05. The van der Waals surface area contributed by atoms with Gasteiger partial charge in [-0.1, -0.05) is 12.8 Å². The molecular formula is C17H33N3O3. The predicted molar refractivity (Wildman–Crippen MR) is 89.3 cm³/mol. The number of hydrogen-bond acceptors (Lipinski definition) is 5. The maximum Gasteiger partial charge on any atom is 0.236 e. The molecule has 1 saturated heterocycles. The second-order valence-corrected chi connectivity index (χ2v) is 7.19. The number of amides is 1. The highest BCUT2D eigenvalue weighted by molar-refractivity contribution is 5.78. The van der Waals surface area contributed by atoms with Crippen LogP contribution in [0.1, 0.15) is 45.4 Å². The zero-order valence-electron chi connectivity index (χ0n) is 14.6. The number of nitrogens with one attached hydrogen (secondary N) is 2. The Morgan fingerprint density at radius 2 is 2.09 bits per heavy atom. The molecule has 0 spiro atoms. The van der Waals surface area contributed by atoms with Crippen LogP contribution < -0.4 is 10.8 Å². The van der Waals surface area contributed by atoms with Crippen LogP contribution in [0.4, 0.5) is 0 Å². The van der Waals surface area contributed by atoms with Gasteiger partial charge in [-0.15, -0.1) is 0 Å². The summed E-state index contributed by atoms with van der Waals surface area (Å²) in [4.78, 5) is 14.1. The molecule has 23 heavy (non-hydrogen) atoms. The van der Waals surface area contributed by atoms with Gasteiger partial charge in [0.2, 0.25) is 5.91 Å². The first-order chi connectivity index (χ1) is 11.1. The van der Waals surface area contributed by atoms with Crippen LogP contribution in [0.3, 0.4) is 0 Å². The largest absolute Gasteiger partial charge is 0.381 e. The van der Waals surface area contributed by atoms with Crippen LogP contribution in [0, 0.1) is 11.8 Å². The maximum absolute atomic E-state index is 11.6. The molecule has 0 aromatic rings. The van der Waals surface area contributed by atoms with Crippen molar-refractivity contribution < 1.29 is 14.7 Å². The minimum absolute atomic E-state index is 0.0548. The van der Waals surface area contributed by atoms with Crippen molar-refractivity contribution >= 4 is 5.91 Å². The summed E-state index contributed by atoms with van der Waals surface area (Å²) >= 11 is 0. The van der Waals surface area contributed by atoms with Crippen molar-refractivity contribution in [1.29, 1.82) is 0 Å². The Balaban J connectivity index is 1.90. The number of hydroxylamine groups is 1. The van der Waals surface area contributed by atoms with Crippen molar-refractivity contribution in [1.82, 2.24) is 15.7 Å². The average Bonchev–Trinajstić information content (AvgIpc) is 2.49. The third-order valence-corrected chi connectivity index (χ3v) is 5.40. The topological polar surface area (TPSA) is 73.8 Å². The smallest absolute Gasteiger partial charge is 0.236 e. The summed E-state index contributed by atoms with van der Waals surface area (Å²) < 4.78 is 5.77. The van der Waals surface area contributed by atoms with Crippen LogP contribution in [-0.2, 0) is 9.53 Å². The molecule has 2 aliphatic rings. The van der Waals surface area contributed by atoms with Gasteiger partial charge in [0.05, 0.1) is 12.6 Å². The second kappa shape index (κ2) is 9.57. The number of nitrogens with zero attached hydrogens (tertiary/aromatic N) is 1. The first-order valence-corrected chi connectivity index (χ1v) is 9.05. The van der Waals surface area contributed by atoms with E-state index >= 15 is 0 Å². The van der Waals surface area contributed by atoms with Crippen molar-refractivity contribution in [3.63, 3.8) is 0 Å². The van der Waals surface area contributed by atoms with Gasteiger partial charge < -0.3 is 20.2 Å². The molecule has 1 amide bonds. The van der Waals surface area contributed by atoms with Gasteiger partial charge in [0.15, 0.2) is 0 Å². The van der Waals surface area contributed by atoms with Crippen LogP contribution >= 0.6 is 0 Å². The van der Waals surface area contributed by atoms with Crippen molar-refractivity contribution in [3.8, 4) is 0 Å². The highest BCUT2D eigenvalue weighted by atomic mass is 16.5. The fourth-order valence-corrected chi connectivity index (χ4v) is 4.36. The summed E-state index contributed by atoms with van der Waals surface area (Å²) in [6.07, 6.45) is 8.07. The molecule has 1 heterocycles. The molecule has 2 fully saturated rings. The van der Waals surface area contributed by atoms with Crippen molar-refractivity contribution in [3.05, 3.63) is 0 Å². The minimum atomic E-state index is -0.169. The molecule has 0 aromatic carbocycles. The zero-order valence-corrected chi connectivity index (χ0v) is 14.6. The molecule has 4 atom stereocenters. The number of carbonyl (C=O) groups excluding carboxylic acids is 1. The molecule has 3 N–H and O–H groups in total. The van der Waals surface area contributed by atoms with Gasteiger partial charge in [0.25, 0.3) is 0 Å². The van der Waals surface area contributed by atoms with Crippen molar-refractivity contribution in [2.24, 2.45) is 11.8 Å². The van der Waals surface area contributed by atoms with Gasteiger partial charge in [-0.2, -0.15) is 5.48 Å². The van der Waals surface area contributed by atoms with E-state index in [0.29, 0.717) is 12.0 Å². The molecule has 2 unspecified atom stereocenters. The number of carbonyl (C=O) groups is 1. The normalized spacial score (nSPS) is 30.8. The van der Waals surface area contributed by atoms with E-state index in [9.17, 15) is 4.79 Å². The number of ether oxygens (including phenoxy) is 1. The van der Waals surface area contributed by atoms with Crippen LogP contribution in [-0.4, -0.2) is 61.4 Å². The second-order valence-electron chi connectivity index (χ2n) is 7.19. The molecule has 0 aromatic heterocycles. The lowest BCUT2D eigenvalue weighted by Gasteiger charge is -2.42. The molecule has 0 bridgehead atoms. The Morgan fingerprint density at radius 3 is 2.83 bits per heavy atom. The number of hydrogen-bond donors (Lipinski definition) is 3. The summed E-state index contributed by atoms with van der Waals surface area (Å²) in [5.41, 5.74) is 1.90. The van der Waals surface area contributed by atoms with Gasteiger partial charge in [-0.05, 0) is 45.1 Å². The minimum Gasteiger partial charge on any atom is -0.381 e. The summed E-state index contributed by atoms with van der Waals surface area (Å²) in [5.74, 6) is 1.24. The number of methoxy groups -OCH3 is 1. The standard InChI is InChI=1S/C17H33N3O3/c1-13(19-17(21)10-18-22)11-20-9-4-3-6-14-7-5-8-16(23-2)15(14)12-20/h13-16,18,22H,3-12H2,1-2H3,(H,19,21)/t13-,14?,15-,16?/m0/s1. The fraction of sp³-hybridized carbons (Fsp3) is 0.941. The van der Waals surface area contributed by atoms with Gasteiger partial charge in [0, 0.05) is 32.2 Å². The summed E-state index contributed by atoms with van der Waals surface area (Å²) in [7, 11) is 1.85. The third kappa shape index (κ3) is 5.71. The van der Waals surface area contributed by atoms with E-state index in [1.54, 1.807) is 0 Å². The van der Waals surface area contributed by atoms with Crippen LogP contribution in [0.5, 0.6) is 0 Å². The van der Waals surface area contributed by atoms with Gasteiger partial charge in [-0.25, -0.2) is 0 Å². The van der Waals surface area contributed by atoms with Gasteiger partial charge in [0.1, 0.15) is 0 Å². The average molecular weight is 327 g/mol.